The Hall–Kier alpha value is -3.10. The zero-order valence-corrected chi connectivity index (χ0v) is 17.7. The summed E-state index contributed by atoms with van der Waals surface area (Å²) in [7, 11) is 0. The van der Waals surface area contributed by atoms with E-state index in [1.807, 2.05) is 61.5 Å². The van der Waals surface area contributed by atoms with Gasteiger partial charge >= 0.3 is 0 Å². The number of carbonyl (C=O) groups excluding carboxylic acids is 1. The van der Waals surface area contributed by atoms with Crippen LogP contribution >= 0.6 is 23.4 Å². The lowest BCUT2D eigenvalue weighted by Gasteiger charge is -2.10. The first-order chi connectivity index (χ1) is 14.6. The maximum atomic E-state index is 12.4. The molecule has 0 unspecified atom stereocenters. The molecule has 4 aromatic rings. The first kappa shape index (κ1) is 20.2. The van der Waals surface area contributed by atoms with E-state index in [1.165, 1.54) is 11.8 Å². The van der Waals surface area contributed by atoms with Crippen molar-refractivity contribution in [3.63, 3.8) is 0 Å². The van der Waals surface area contributed by atoms with Crippen LogP contribution in [-0.2, 0) is 4.79 Å². The monoisotopic (exact) mass is 439 g/mol. The van der Waals surface area contributed by atoms with Crippen molar-refractivity contribution in [3.05, 3.63) is 65.7 Å². The molecule has 0 radical (unpaired) electrons. The van der Waals surface area contributed by atoms with Crippen LogP contribution in [-0.4, -0.2) is 38.1 Å². The highest BCUT2D eigenvalue weighted by atomic mass is 35.5. The van der Waals surface area contributed by atoms with E-state index in [1.54, 1.807) is 10.6 Å². The van der Waals surface area contributed by atoms with Gasteiger partial charge in [0.2, 0.25) is 11.1 Å². The molecule has 0 aliphatic carbocycles. The molecule has 0 fully saturated rings. The zero-order valence-electron chi connectivity index (χ0n) is 16.1. The molecule has 0 bridgehead atoms. The topological polar surface area (TPSA) is 81.4 Å². The zero-order chi connectivity index (χ0) is 20.9. The summed E-state index contributed by atoms with van der Waals surface area (Å²) in [6.07, 6.45) is 0. The number of para-hydroxylation sites is 2. The van der Waals surface area contributed by atoms with Gasteiger partial charge in [-0.2, -0.15) is 9.61 Å². The first-order valence-electron chi connectivity index (χ1n) is 9.27. The Balaban J connectivity index is 1.48. The Morgan fingerprint density at radius 1 is 1.10 bits per heavy atom. The fraction of sp³-hybridized carbons (Fsp3) is 0.143. The molecule has 1 N–H and O–H groups in total. The summed E-state index contributed by atoms with van der Waals surface area (Å²) in [6.45, 7) is 2.42. The number of hydrogen-bond donors (Lipinski definition) is 1. The average Bonchev–Trinajstić information content (AvgIpc) is 3.17. The van der Waals surface area contributed by atoms with E-state index in [-0.39, 0.29) is 11.7 Å². The van der Waals surface area contributed by atoms with E-state index in [0.29, 0.717) is 33.9 Å². The van der Waals surface area contributed by atoms with Gasteiger partial charge in [-0.15, -0.1) is 10.2 Å². The molecule has 4 rings (SSSR count). The second-order valence-electron chi connectivity index (χ2n) is 6.24. The molecule has 1 amide bonds. The van der Waals surface area contributed by atoms with Gasteiger partial charge in [-0.1, -0.05) is 47.6 Å². The van der Waals surface area contributed by atoms with Gasteiger partial charge in [0.1, 0.15) is 5.75 Å². The number of nitrogens with zero attached hydrogens (tertiary/aromatic N) is 4. The molecular formula is C21H18ClN5O2S. The number of carbonyl (C=O) groups is 1. The predicted molar refractivity (Wildman–Crippen MR) is 118 cm³/mol. The summed E-state index contributed by atoms with van der Waals surface area (Å²) in [5, 5.41) is 17.0. The molecule has 2 heterocycles. The van der Waals surface area contributed by atoms with Crippen LogP contribution in [0.4, 0.5) is 5.69 Å². The maximum Gasteiger partial charge on any atom is 0.234 e. The van der Waals surface area contributed by atoms with Gasteiger partial charge in [0.15, 0.2) is 5.65 Å². The summed E-state index contributed by atoms with van der Waals surface area (Å²) >= 11 is 7.23. The number of ether oxygens (including phenoxy) is 1. The minimum Gasteiger partial charge on any atom is -0.492 e. The van der Waals surface area contributed by atoms with Gasteiger partial charge in [-0.05, 0) is 43.3 Å². The van der Waals surface area contributed by atoms with Crippen molar-refractivity contribution in [2.45, 2.75) is 12.1 Å². The fourth-order valence-corrected chi connectivity index (χ4v) is 3.62. The third kappa shape index (κ3) is 4.55. The van der Waals surface area contributed by atoms with Crippen LogP contribution in [0.1, 0.15) is 6.92 Å². The molecule has 0 aliphatic heterocycles. The lowest BCUT2D eigenvalue weighted by atomic mass is 10.1. The number of hydrogen-bond acceptors (Lipinski definition) is 6. The van der Waals surface area contributed by atoms with Gasteiger partial charge in [0.25, 0.3) is 0 Å². The van der Waals surface area contributed by atoms with Crippen LogP contribution in [0.5, 0.6) is 5.75 Å². The highest BCUT2D eigenvalue weighted by molar-refractivity contribution is 7.99. The van der Waals surface area contributed by atoms with E-state index in [0.717, 1.165) is 11.3 Å². The lowest BCUT2D eigenvalue weighted by molar-refractivity contribution is -0.113. The molecule has 0 spiro atoms. The molecule has 0 saturated heterocycles. The van der Waals surface area contributed by atoms with Crippen LogP contribution < -0.4 is 10.1 Å². The molecule has 152 valence electrons. The minimum absolute atomic E-state index is 0.161. The summed E-state index contributed by atoms with van der Waals surface area (Å²) < 4.78 is 7.18. The summed E-state index contributed by atoms with van der Waals surface area (Å²) in [6, 6.07) is 18.5. The number of benzene rings is 2. The van der Waals surface area contributed by atoms with Gasteiger partial charge in [-0.25, -0.2) is 0 Å². The Bertz CT molecular complexity index is 1180. The van der Waals surface area contributed by atoms with Gasteiger partial charge in [0, 0.05) is 10.6 Å². The second kappa shape index (κ2) is 9.15. The molecule has 2 aromatic heterocycles. The van der Waals surface area contributed by atoms with Crippen molar-refractivity contribution in [3.8, 4) is 17.0 Å². The molecule has 30 heavy (non-hydrogen) atoms. The van der Waals surface area contributed by atoms with Crippen LogP contribution in [0.25, 0.3) is 16.9 Å². The van der Waals surface area contributed by atoms with Crippen molar-refractivity contribution in [1.82, 2.24) is 19.8 Å². The third-order valence-electron chi connectivity index (χ3n) is 4.17. The summed E-state index contributed by atoms with van der Waals surface area (Å²) in [4.78, 5) is 12.4. The van der Waals surface area contributed by atoms with Gasteiger partial charge in [-0.3, -0.25) is 4.79 Å². The number of amides is 1. The number of nitrogens with one attached hydrogen (secondary N) is 1. The number of aromatic nitrogens is 4. The Kier molecular flexibility index (Phi) is 6.15. The Labute approximate surface area is 182 Å². The summed E-state index contributed by atoms with van der Waals surface area (Å²) in [5.74, 6) is 0.631. The number of anilines is 1. The number of thioether (sulfide) groups is 1. The normalized spacial score (nSPS) is 10.9. The highest BCUT2D eigenvalue weighted by Crippen LogP contribution is 2.25. The van der Waals surface area contributed by atoms with E-state index in [4.69, 9.17) is 16.3 Å². The fourth-order valence-electron chi connectivity index (χ4n) is 2.80. The van der Waals surface area contributed by atoms with Crippen LogP contribution in [0.3, 0.4) is 0 Å². The molecule has 2 aromatic carbocycles. The summed E-state index contributed by atoms with van der Waals surface area (Å²) in [5.41, 5.74) is 2.93. The van der Waals surface area contributed by atoms with Crippen molar-refractivity contribution in [2.75, 3.05) is 17.7 Å². The van der Waals surface area contributed by atoms with Crippen molar-refractivity contribution < 1.29 is 9.53 Å². The van der Waals surface area contributed by atoms with Crippen LogP contribution in [0, 0.1) is 0 Å². The van der Waals surface area contributed by atoms with E-state index in [2.05, 4.69) is 20.6 Å². The van der Waals surface area contributed by atoms with Gasteiger partial charge in [0.05, 0.1) is 23.7 Å². The Morgan fingerprint density at radius 3 is 2.70 bits per heavy atom. The first-order valence-corrected chi connectivity index (χ1v) is 10.6. The molecule has 7 nitrogen and oxygen atoms in total. The van der Waals surface area contributed by atoms with Crippen LogP contribution in [0.2, 0.25) is 5.02 Å². The van der Waals surface area contributed by atoms with E-state index >= 15 is 0 Å². The van der Waals surface area contributed by atoms with E-state index < -0.39 is 0 Å². The molecular weight excluding hydrogens is 422 g/mol. The lowest BCUT2D eigenvalue weighted by Crippen LogP contribution is -2.15. The van der Waals surface area contributed by atoms with E-state index in [9.17, 15) is 4.79 Å². The smallest absolute Gasteiger partial charge is 0.234 e. The van der Waals surface area contributed by atoms with Crippen LogP contribution in [0.15, 0.2) is 65.8 Å². The van der Waals surface area contributed by atoms with Gasteiger partial charge < -0.3 is 10.1 Å². The predicted octanol–water partition coefficient (Wildman–Crippen LogP) is 4.57. The standard InChI is InChI=1S/C21H18ClN5O2S/c1-2-29-18-6-4-3-5-17(18)23-20(28)13-30-21-25-24-19-12-11-16(26-27(19)21)14-7-9-15(22)10-8-14/h3-12H,2,13H2,1H3,(H,23,28). The molecule has 0 saturated carbocycles. The largest absolute Gasteiger partial charge is 0.492 e. The number of halogens is 1. The number of fused-ring (bicyclic) bond motifs is 1. The molecule has 9 heteroatoms. The second-order valence-corrected chi connectivity index (χ2v) is 7.62. The Morgan fingerprint density at radius 2 is 1.90 bits per heavy atom. The molecule has 0 aliphatic rings. The minimum atomic E-state index is -0.169. The third-order valence-corrected chi connectivity index (χ3v) is 5.34. The number of rotatable bonds is 7. The van der Waals surface area contributed by atoms with Crippen molar-refractivity contribution in [2.24, 2.45) is 0 Å². The maximum absolute atomic E-state index is 12.4. The molecule has 0 atom stereocenters. The SMILES string of the molecule is CCOc1ccccc1NC(=O)CSc1nnc2ccc(-c3ccc(Cl)cc3)nn12. The quantitative estimate of drug-likeness (QED) is 0.425. The highest BCUT2D eigenvalue weighted by Gasteiger charge is 2.13. The van der Waals surface area contributed by atoms with Crippen molar-refractivity contribution >= 4 is 40.6 Å². The van der Waals surface area contributed by atoms with Crippen molar-refractivity contribution in [1.29, 1.82) is 0 Å². The average molecular weight is 440 g/mol.